The third kappa shape index (κ3) is 3.89. The van der Waals surface area contributed by atoms with Gasteiger partial charge in [0, 0.05) is 19.5 Å². The molecule has 4 rings (SSSR count). The average Bonchev–Trinajstić information content (AvgIpc) is 3.09. The summed E-state index contributed by atoms with van der Waals surface area (Å²) >= 11 is 6.43. The van der Waals surface area contributed by atoms with Crippen LogP contribution in [0.3, 0.4) is 0 Å². The van der Waals surface area contributed by atoms with Crippen LogP contribution in [0.15, 0.2) is 30.3 Å². The second-order valence-corrected chi connectivity index (χ2v) is 8.44. The summed E-state index contributed by atoms with van der Waals surface area (Å²) in [4.78, 5) is 14.6. The van der Waals surface area contributed by atoms with Gasteiger partial charge in [-0.05, 0) is 18.4 Å². The van der Waals surface area contributed by atoms with E-state index in [-0.39, 0.29) is 29.0 Å². The van der Waals surface area contributed by atoms with Gasteiger partial charge in [-0.15, -0.1) is 0 Å². The van der Waals surface area contributed by atoms with Gasteiger partial charge < -0.3 is 10.2 Å². The van der Waals surface area contributed by atoms with Crippen molar-refractivity contribution in [2.75, 3.05) is 12.4 Å². The van der Waals surface area contributed by atoms with E-state index in [1.165, 1.54) is 0 Å². The minimum Gasteiger partial charge on any atom is -0.362 e. The number of anilines is 1. The molecule has 30 heavy (non-hydrogen) atoms. The molecule has 1 aromatic carbocycles. The second-order valence-electron chi connectivity index (χ2n) is 8.06. The van der Waals surface area contributed by atoms with E-state index in [1.54, 1.807) is 36.2 Å². The third-order valence-corrected chi connectivity index (χ3v) is 6.50. The Kier molecular flexibility index (Phi) is 5.70. The molecule has 1 aliphatic heterocycles. The topological polar surface area (TPSA) is 50.2 Å². The molecule has 1 aromatic heterocycles. The molecule has 9 heteroatoms. The van der Waals surface area contributed by atoms with Crippen molar-refractivity contribution in [2.45, 2.75) is 62.8 Å². The summed E-state index contributed by atoms with van der Waals surface area (Å²) in [5, 5.41) is 7.07. The Balaban J connectivity index is 1.69. The largest absolute Gasteiger partial charge is 0.410 e. The second kappa shape index (κ2) is 8.13. The Morgan fingerprint density at radius 2 is 1.87 bits per heavy atom. The van der Waals surface area contributed by atoms with Crippen LogP contribution >= 0.6 is 11.6 Å². The summed E-state index contributed by atoms with van der Waals surface area (Å²) in [6.45, 7) is 0. The molecule has 0 spiro atoms. The lowest BCUT2D eigenvalue weighted by Gasteiger charge is -2.33. The number of hydrogen-bond donors (Lipinski definition) is 1. The first-order valence-corrected chi connectivity index (χ1v) is 10.6. The molecular weight excluding hydrogens is 417 g/mol. The fraction of sp³-hybridized carbons (Fsp3) is 0.524. The molecule has 1 N–H and O–H groups in total. The van der Waals surface area contributed by atoms with E-state index < -0.39 is 24.2 Å². The van der Waals surface area contributed by atoms with Gasteiger partial charge >= 0.3 is 6.18 Å². The Morgan fingerprint density at radius 3 is 2.50 bits per heavy atom. The van der Waals surface area contributed by atoms with Crippen LogP contribution in [-0.2, 0) is 0 Å². The van der Waals surface area contributed by atoms with Gasteiger partial charge in [0.15, 0.2) is 11.7 Å². The lowest BCUT2D eigenvalue weighted by atomic mass is 9.94. The van der Waals surface area contributed by atoms with Crippen LogP contribution in [0.1, 0.15) is 66.7 Å². The molecule has 0 saturated heterocycles. The normalized spacial score (nSPS) is 22.3. The number of alkyl halides is 3. The van der Waals surface area contributed by atoms with Crippen molar-refractivity contribution in [2.24, 2.45) is 0 Å². The predicted molar refractivity (Wildman–Crippen MR) is 109 cm³/mol. The van der Waals surface area contributed by atoms with Crippen LogP contribution in [0.2, 0.25) is 5.02 Å². The van der Waals surface area contributed by atoms with Crippen molar-refractivity contribution in [3.05, 3.63) is 46.6 Å². The number of benzene rings is 1. The molecule has 2 aliphatic rings. The van der Waals surface area contributed by atoms with Gasteiger partial charge in [-0.1, -0.05) is 61.2 Å². The highest BCUT2D eigenvalue weighted by Gasteiger charge is 2.48. The molecule has 162 valence electrons. The zero-order valence-corrected chi connectivity index (χ0v) is 17.4. The first-order chi connectivity index (χ1) is 14.3. The van der Waals surface area contributed by atoms with Crippen LogP contribution < -0.4 is 5.32 Å². The molecule has 2 atom stereocenters. The fourth-order valence-electron chi connectivity index (χ4n) is 4.43. The number of carbonyl (C=O) groups is 1. The molecule has 1 saturated carbocycles. The number of aromatic nitrogens is 2. The number of carbonyl (C=O) groups excluding carboxylic acids is 1. The molecule has 2 heterocycles. The van der Waals surface area contributed by atoms with E-state index in [0.717, 1.165) is 42.3 Å². The number of amides is 1. The molecule has 0 radical (unpaired) electrons. The van der Waals surface area contributed by atoms with Crippen molar-refractivity contribution >= 4 is 23.3 Å². The Hall–Kier alpha value is -2.22. The molecule has 5 nitrogen and oxygen atoms in total. The van der Waals surface area contributed by atoms with E-state index in [4.69, 9.17) is 11.6 Å². The van der Waals surface area contributed by atoms with Gasteiger partial charge in [-0.25, -0.2) is 4.68 Å². The van der Waals surface area contributed by atoms with Gasteiger partial charge in [0.1, 0.15) is 10.8 Å². The summed E-state index contributed by atoms with van der Waals surface area (Å²) in [7, 11) is 1.68. The van der Waals surface area contributed by atoms with Crippen molar-refractivity contribution in [1.82, 2.24) is 14.7 Å². The lowest BCUT2D eigenvalue weighted by Crippen LogP contribution is -2.39. The standard InChI is InChI=1S/C21H24ClF3N4O/c1-28(14-10-6-3-7-11-14)20(30)18-17(22)19-26-15(13-8-4-2-5-9-13)12-16(21(23,24)25)29(19)27-18/h2,4-5,8-9,14-16,26H,3,6-7,10-12H2,1H3/t15-,16+/m0/s1. The SMILES string of the molecule is CN(C(=O)c1nn2c(c1Cl)N[C@H](c1ccccc1)C[C@@H]2C(F)(F)F)C1CCCCC1. The van der Waals surface area contributed by atoms with E-state index in [0.29, 0.717) is 0 Å². The number of halogens is 4. The average molecular weight is 441 g/mol. The van der Waals surface area contributed by atoms with Crippen LogP contribution in [0, 0.1) is 0 Å². The van der Waals surface area contributed by atoms with E-state index in [9.17, 15) is 18.0 Å². The first-order valence-electron chi connectivity index (χ1n) is 10.2. The molecule has 1 fully saturated rings. The fourth-order valence-corrected chi connectivity index (χ4v) is 4.69. The highest BCUT2D eigenvalue weighted by Crippen LogP contribution is 2.46. The van der Waals surface area contributed by atoms with Gasteiger partial charge in [-0.2, -0.15) is 18.3 Å². The highest BCUT2D eigenvalue weighted by molar-refractivity contribution is 6.36. The number of nitrogens with zero attached hydrogens (tertiary/aromatic N) is 3. The molecule has 0 bridgehead atoms. The van der Waals surface area contributed by atoms with Crippen molar-refractivity contribution in [3.63, 3.8) is 0 Å². The summed E-state index contributed by atoms with van der Waals surface area (Å²) in [5.41, 5.74) is 0.595. The van der Waals surface area contributed by atoms with Crippen molar-refractivity contribution in [1.29, 1.82) is 0 Å². The van der Waals surface area contributed by atoms with Crippen molar-refractivity contribution < 1.29 is 18.0 Å². The zero-order valence-electron chi connectivity index (χ0n) is 16.6. The summed E-state index contributed by atoms with van der Waals surface area (Å²) in [6.07, 6.45) is 0.216. The summed E-state index contributed by atoms with van der Waals surface area (Å²) in [6, 6.07) is 6.52. The number of fused-ring (bicyclic) bond motifs is 1. The first kappa shape index (κ1) is 21.0. The van der Waals surface area contributed by atoms with Gasteiger partial charge in [0.2, 0.25) is 0 Å². The summed E-state index contributed by atoms with van der Waals surface area (Å²) in [5.74, 6) is -0.396. The predicted octanol–water partition coefficient (Wildman–Crippen LogP) is 5.60. The van der Waals surface area contributed by atoms with Crippen molar-refractivity contribution in [3.8, 4) is 0 Å². The Bertz CT molecular complexity index is 909. The van der Waals surface area contributed by atoms with Crippen LogP contribution in [0.5, 0.6) is 0 Å². The van der Waals surface area contributed by atoms with Crippen LogP contribution in [0.25, 0.3) is 0 Å². The molecule has 2 aromatic rings. The molecular formula is C21H24ClF3N4O. The van der Waals surface area contributed by atoms with E-state index in [1.807, 2.05) is 6.07 Å². The maximum absolute atomic E-state index is 13.9. The van der Waals surface area contributed by atoms with Gasteiger partial charge in [-0.3, -0.25) is 4.79 Å². The number of rotatable bonds is 3. The Labute approximate surface area is 178 Å². The Morgan fingerprint density at radius 1 is 1.20 bits per heavy atom. The van der Waals surface area contributed by atoms with Crippen LogP contribution in [0.4, 0.5) is 19.0 Å². The molecule has 1 amide bonds. The lowest BCUT2D eigenvalue weighted by molar-refractivity contribution is -0.173. The smallest absolute Gasteiger partial charge is 0.362 e. The summed E-state index contributed by atoms with van der Waals surface area (Å²) < 4.78 is 42.5. The minimum atomic E-state index is -4.52. The van der Waals surface area contributed by atoms with E-state index in [2.05, 4.69) is 10.4 Å². The number of hydrogen-bond acceptors (Lipinski definition) is 3. The van der Waals surface area contributed by atoms with Crippen LogP contribution in [-0.4, -0.2) is 39.9 Å². The van der Waals surface area contributed by atoms with Gasteiger partial charge in [0.05, 0.1) is 6.04 Å². The monoisotopic (exact) mass is 440 g/mol. The maximum atomic E-state index is 13.9. The van der Waals surface area contributed by atoms with Gasteiger partial charge in [0.25, 0.3) is 5.91 Å². The molecule has 0 unspecified atom stereocenters. The highest BCUT2D eigenvalue weighted by atomic mass is 35.5. The number of nitrogens with one attached hydrogen (secondary N) is 1. The quantitative estimate of drug-likeness (QED) is 0.675. The third-order valence-electron chi connectivity index (χ3n) is 6.14. The minimum absolute atomic E-state index is 0.0412. The molecule has 1 aliphatic carbocycles. The van der Waals surface area contributed by atoms with E-state index >= 15 is 0 Å². The maximum Gasteiger partial charge on any atom is 0.410 e. The zero-order chi connectivity index (χ0) is 21.5.